The van der Waals surface area contributed by atoms with E-state index in [4.69, 9.17) is 10.3 Å². The SMILES string of the molecule is CC(C)(CN=[N+]=[N-])C(CS(=O)(=O)c1ccccc1)OC(=O)ON1C(=O)CCC1=O. The average Bonchev–Trinajstić information content (AvgIpc) is 2.98. The van der Waals surface area contributed by atoms with E-state index in [0.29, 0.717) is 5.06 Å². The molecule has 1 fully saturated rings. The lowest BCUT2D eigenvalue weighted by Gasteiger charge is -2.32. The highest BCUT2D eigenvalue weighted by Crippen LogP contribution is 2.28. The Hall–Kier alpha value is -3.11. The van der Waals surface area contributed by atoms with Gasteiger partial charge in [-0.15, -0.1) is 0 Å². The summed E-state index contributed by atoms with van der Waals surface area (Å²) >= 11 is 0. The quantitative estimate of drug-likeness (QED) is 0.204. The fourth-order valence-electron chi connectivity index (χ4n) is 2.53. The molecule has 0 spiro atoms. The number of sulfone groups is 1. The van der Waals surface area contributed by atoms with Crippen molar-refractivity contribution in [2.24, 2.45) is 10.5 Å². The van der Waals surface area contributed by atoms with E-state index in [-0.39, 0.29) is 24.3 Å². The van der Waals surface area contributed by atoms with Gasteiger partial charge >= 0.3 is 6.16 Å². The molecule has 1 atom stereocenters. The van der Waals surface area contributed by atoms with Gasteiger partial charge in [0, 0.05) is 29.7 Å². The Kier molecular flexibility index (Phi) is 6.83. The minimum Gasteiger partial charge on any atom is -0.428 e. The summed E-state index contributed by atoms with van der Waals surface area (Å²) < 4.78 is 30.6. The van der Waals surface area contributed by atoms with Crippen LogP contribution in [0.2, 0.25) is 0 Å². The number of hydrogen-bond donors (Lipinski definition) is 0. The fourth-order valence-corrected chi connectivity index (χ4v) is 4.21. The van der Waals surface area contributed by atoms with Gasteiger partial charge in [0.25, 0.3) is 11.8 Å². The molecule has 156 valence electrons. The molecule has 2 amide bonds. The molecule has 1 aliphatic rings. The van der Waals surface area contributed by atoms with Crippen LogP contribution in [0.25, 0.3) is 10.4 Å². The number of hydroxylamine groups is 2. The van der Waals surface area contributed by atoms with Crippen LogP contribution >= 0.6 is 0 Å². The number of rotatable bonds is 8. The molecular weight excluding hydrogens is 404 g/mol. The van der Waals surface area contributed by atoms with Crippen molar-refractivity contribution in [3.8, 4) is 0 Å². The minimum absolute atomic E-state index is 0.0199. The molecule has 1 saturated heterocycles. The minimum atomic E-state index is -3.88. The van der Waals surface area contributed by atoms with Crippen LogP contribution < -0.4 is 0 Å². The molecule has 1 unspecified atom stereocenters. The molecule has 0 saturated carbocycles. The standard InChI is InChI=1S/C17H20N4O7S/c1-17(2,11-19-20-18)13(10-29(25,26)12-6-4-3-5-7-12)27-16(24)28-21-14(22)8-9-15(21)23/h3-7,13H,8-11H2,1-2H3. The third kappa shape index (κ3) is 5.69. The van der Waals surface area contributed by atoms with E-state index in [9.17, 15) is 22.8 Å². The number of azide groups is 1. The lowest BCUT2D eigenvalue weighted by atomic mass is 9.87. The van der Waals surface area contributed by atoms with E-state index in [1.807, 2.05) is 0 Å². The van der Waals surface area contributed by atoms with E-state index < -0.39 is 45.1 Å². The van der Waals surface area contributed by atoms with Gasteiger partial charge in [-0.2, -0.15) is 0 Å². The Morgan fingerprint density at radius 2 is 1.83 bits per heavy atom. The summed E-state index contributed by atoms with van der Waals surface area (Å²) in [7, 11) is -3.88. The van der Waals surface area contributed by atoms with Gasteiger partial charge in [-0.05, 0) is 17.7 Å². The number of imide groups is 1. The van der Waals surface area contributed by atoms with Crippen LogP contribution in [0.15, 0.2) is 40.3 Å². The van der Waals surface area contributed by atoms with Crippen molar-refractivity contribution in [1.82, 2.24) is 5.06 Å². The Bertz CT molecular complexity index is 924. The zero-order valence-corrected chi connectivity index (χ0v) is 16.7. The van der Waals surface area contributed by atoms with Gasteiger partial charge in [-0.3, -0.25) is 14.4 Å². The summed E-state index contributed by atoms with van der Waals surface area (Å²) in [6.45, 7) is 2.92. The second-order valence-corrected chi connectivity index (χ2v) is 9.04. The van der Waals surface area contributed by atoms with Crippen LogP contribution in [-0.2, 0) is 29.0 Å². The summed E-state index contributed by atoms with van der Waals surface area (Å²) in [6, 6.07) is 7.54. The molecular formula is C17H20N4O7S. The van der Waals surface area contributed by atoms with Crippen molar-refractivity contribution in [3.63, 3.8) is 0 Å². The first kappa shape index (κ1) is 22.2. The second-order valence-electron chi connectivity index (χ2n) is 7.00. The zero-order valence-electron chi connectivity index (χ0n) is 15.8. The Labute approximate surface area is 167 Å². The number of amides is 2. The smallest absolute Gasteiger partial charge is 0.428 e. The van der Waals surface area contributed by atoms with Gasteiger partial charge < -0.3 is 4.74 Å². The van der Waals surface area contributed by atoms with E-state index in [2.05, 4.69) is 14.9 Å². The summed E-state index contributed by atoms with van der Waals surface area (Å²) in [5.41, 5.74) is 7.49. The molecule has 1 heterocycles. The summed E-state index contributed by atoms with van der Waals surface area (Å²) in [6.07, 6.45) is -2.89. The van der Waals surface area contributed by atoms with E-state index in [1.165, 1.54) is 12.1 Å². The van der Waals surface area contributed by atoms with Crippen LogP contribution in [0.1, 0.15) is 26.7 Å². The lowest BCUT2D eigenvalue weighted by molar-refractivity contribution is -0.179. The molecule has 12 heteroatoms. The Morgan fingerprint density at radius 3 is 2.38 bits per heavy atom. The molecule has 0 N–H and O–H groups in total. The third-order valence-electron chi connectivity index (χ3n) is 4.30. The lowest BCUT2D eigenvalue weighted by Crippen LogP contribution is -2.43. The van der Waals surface area contributed by atoms with E-state index >= 15 is 0 Å². The number of carbonyl (C=O) groups is 3. The third-order valence-corrected chi connectivity index (χ3v) is 6.03. The highest BCUT2D eigenvalue weighted by atomic mass is 32.2. The topological polar surface area (TPSA) is 156 Å². The first-order chi connectivity index (χ1) is 13.6. The molecule has 29 heavy (non-hydrogen) atoms. The van der Waals surface area contributed by atoms with Crippen molar-refractivity contribution in [2.75, 3.05) is 12.3 Å². The predicted octanol–water partition coefficient (Wildman–Crippen LogP) is 2.38. The van der Waals surface area contributed by atoms with E-state index in [1.54, 1.807) is 32.0 Å². The number of hydrogen-bond acceptors (Lipinski definition) is 8. The van der Waals surface area contributed by atoms with Gasteiger partial charge in [0.05, 0.1) is 10.6 Å². The maximum atomic E-state index is 12.7. The predicted molar refractivity (Wildman–Crippen MR) is 98.7 cm³/mol. The molecule has 0 radical (unpaired) electrons. The molecule has 11 nitrogen and oxygen atoms in total. The number of ether oxygens (including phenoxy) is 1. The maximum absolute atomic E-state index is 12.7. The second kappa shape index (κ2) is 8.93. The molecule has 0 aliphatic carbocycles. The maximum Gasteiger partial charge on any atom is 0.534 e. The molecule has 1 aromatic rings. The number of nitrogens with zero attached hydrogens (tertiary/aromatic N) is 4. The van der Waals surface area contributed by atoms with Crippen LogP contribution in [0.5, 0.6) is 0 Å². The van der Waals surface area contributed by atoms with Gasteiger partial charge in [-0.25, -0.2) is 13.2 Å². The molecule has 0 bridgehead atoms. The average molecular weight is 424 g/mol. The van der Waals surface area contributed by atoms with Crippen molar-refractivity contribution in [2.45, 2.75) is 37.7 Å². The first-order valence-corrected chi connectivity index (χ1v) is 10.2. The monoisotopic (exact) mass is 424 g/mol. The van der Waals surface area contributed by atoms with Gasteiger partial charge in [0.15, 0.2) is 9.84 Å². The van der Waals surface area contributed by atoms with Gasteiger partial charge in [0.2, 0.25) is 0 Å². The van der Waals surface area contributed by atoms with Crippen molar-refractivity contribution < 1.29 is 32.4 Å². The fraction of sp³-hybridized carbons (Fsp3) is 0.471. The Morgan fingerprint density at radius 1 is 1.24 bits per heavy atom. The first-order valence-electron chi connectivity index (χ1n) is 8.60. The van der Waals surface area contributed by atoms with E-state index in [0.717, 1.165) is 0 Å². The van der Waals surface area contributed by atoms with Gasteiger partial charge in [-0.1, -0.05) is 42.2 Å². The van der Waals surface area contributed by atoms with Crippen LogP contribution in [-0.4, -0.2) is 49.9 Å². The highest BCUT2D eigenvalue weighted by Gasteiger charge is 2.39. The van der Waals surface area contributed by atoms with Crippen LogP contribution in [0.4, 0.5) is 4.79 Å². The normalized spacial score (nSPS) is 15.6. The molecule has 1 aliphatic heterocycles. The Balaban J connectivity index is 2.23. The van der Waals surface area contributed by atoms with Crippen molar-refractivity contribution >= 4 is 27.8 Å². The van der Waals surface area contributed by atoms with Crippen molar-refractivity contribution in [1.29, 1.82) is 0 Å². The summed E-state index contributed by atoms with van der Waals surface area (Å²) in [5, 5.41) is 3.73. The largest absolute Gasteiger partial charge is 0.534 e. The molecule has 2 rings (SSSR count). The number of benzene rings is 1. The molecule has 1 aromatic carbocycles. The molecule has 0 aromatic heterocycles. The van der Waals surface area contributed by atoms with Crippen molar-refractivity contribution in [3.05, 3.63) is 40.8 Å². The van der Waals surface area contributed by atoms with Crippen LogP contribution in [0.3, 0.4) is 0 Å². The summed E-state index contributed by atoms with van der Waals surface area (Å²) in [5.74, 6) is -2.02. The van der Waals surface area contributed by atoms with Crippen LogP contribution in [0, 0.1) is 5.41 Å². The van der Waals surface area contributed by atoms with Gasteiger partial charge in [0.1, 0.15) is 6.10 Å². The summed E-state index contributed by atoms with van der Waals surface area (Å²) in [4.78, 5) is 42.6. The number of carbonyl (C=O) groups excluding carboxylic acids is 3. The highest BCUT2D eigenvalue weighted by molar-refractivity contribution is 7.91. The zero-order chi connectivity index (χ0) is 21.7.